The standard InChI is InChI=1S/C13H13F2N3O2S/c1-8-11(3-2-4-17-8)18-21(19,20)12-6-9(7-16)5-10(14)13(12)15/h2-6,18H,7,16H2,1H3. The van der Waals surface area contributed by atoms with Crippen molar-refractivity contribution in [3.8, 4) is 0 Å². The summed E-state index contributed by atoms with van der Waals surface area (Å²) in [5, 5.41) is 0. The highest BCUT2D eigenvalue weighted by atomic mass is 32.2. The first-order valence-corrected chi connectivity index (χ1v) is 7.46. The van der Waals surface area contributed by atoms with Crippen molar-refractivity contribution in [2.75, 3.05) is 4.72 Å². The lowest BCUT2D eigenvalue weighted by Gasteiger charge is -2.11. The van der Waals surface area contributed by atoms with E-state index in [1.807, 2.05) is 0 Å². The van der Waals surface area contributed by atoms with Crippen molar-refractivity contribution in [2.24, 2.45) is 5.73 Å². The van der Waals surface area contributed by atoms with E-state index < -0.39 is 26.6 Å². The molecule has 0 aliphatic heterocycles. The number of anilines is 1. The van der Waals surface area contributed by atoms with Gasteiger partial charge in [-0.3, -0.25) is 9.71 Å². The summed E-state index contributed by atoms with van der Waals surface area (Å²) in [4.78, 5) is 3.13. The second-order valence-corrected chi connectivity index (χ2v) is 5.99. The molecule has 1 aromatic heterocycles. The van der Waals surface area contributed by atoms with Crippen LogP contribution in [0, 0.1) is 18.6 Å². The third kappa shape index (κ3) is 3.17. The number of nitrogens with zero attached hydrogens (tertiary/aromatic N) is 1. The third-order valence-corrected chi connectivity index (χ3v) is 4.20. The van der Waals surface area contributed by atoms with Crippen LogP contribution in [0.1, 0.15) is 11.3 Å². The van der Waals surface area contributed by atoms with E-state index >= 15 is 0 Å². The monoisotopic (exact) mass is 313 g/mol. The van der Waals surface area contributed by atoms with Crippen LogP contribution in [0.5, 0.6) is 0 Å². The topological polar surface area (TPSA) is 85.1 Å². The van der Waals surface area contributed by atoms with Crippen LogP contribution in [-0.2, 0) is 16.6 Å². The van der Waals surface area contributed by atoms with Crippen molar-refractivity contribution in [1.82, 2.24) is 4.98 Å². The Hall–Kier alpha value is -2.06. The normalized spacial score (nSPS) is 11.4. The van der Waals surface area contributed by atoms with Gasteiger partial charge < -0.3 is 5.73 Å². The molecule has 0 unspecified atom stereocenters. The molecule has 0 saturated heterocycles. The molecule has 112 valence electrons. The number of hydrogen-bond acceptors (Lipinski definition) is 4. The molecule has 8 heteroatoms. The number of nitrogens with one attached hydrogen (secondary N) is 1. The zero-order chi connectivity index (χ0) is 15.6. The maximum Gasteiger partial charge on any atom is 0.264 e. The summed E-state index contributed by atoms with van der Waals surface area (Å²) < 4.78 is 53.8. The molecule has 0 aliphatic carbocycles. The largest absolute Gasteiger partial charge is 0.326 e. The van der Waals surface area contributed by atoms with Crippen molar-refractivity contribution in [3.05, 3.63) is 53.4 Å². The van der Waals surface area contributed by atoms with Crippen LogP contribution in [-0.4, -0.2) is 13.4 Å². The van der Waals surface area contributed by atoms with Crippen molar-refractivity contribution in [3.63, 3.8) is 0 Å². The van der Waals surface area contributed by atoms with Crippen LogP contribution < -0.4 is 10.5 Å². The predicted octanol–water partition coefficient (Wildman–Crippen LogP) is 1.93. The van der Waals surface area contributed by atoms with Gasteiger partial charge in [-0.05, 0) is 36.8 Å². The molecular formula is C13H13F2N3O2S. The zero-order valence-corrected chi connectivity index (χ0v) is 11.9. The van der Waals surface area contributed by atoms with Gasteiger partial charge in [0.05, 0.1) is 11.4 Å². The van der Waals surface area contributed by atoms with Crippen LogP contribution in [0.4, 0.5) is 14.5 Å². The maximum atomic E-state index is 13.8. The molecule has 2 aromatic rings. The summed E-state index contributed by atoms with van der Waals surface area (Å²) in [6.45, 7) is 1.48. The van der Waals surface area contributed by atoms with E-state index in [1.165, 1.54) is 18.3 Å². The molecule has 0 radical (unpaired) electrons. The molecule has 3 N–H and O–H groups in total. The number of hydrogen-bond donors (Lipinski definition) is 2. The zero-order valence-electron chi connectivity index (χ0n) is 11.1. The first-order valence-electron chi connectivity index (χ1n) is 5.97. The van der Waals surface area contributed by atoms with Crippen molar-refractivity contribution >= 4 is 15.7 Å². The molecule has 0 amide bonds. The molecule has 0 fully saturated rings. The van der Waals surface area contributed by atoms with E-state index in [0.29, 0.717) is 5.69 Å². The van der Waals surface area contributed by atoms with Crippen LogP contribution in [0.25, 0.3) is 0 Å². The van der Waals surface area contributed by atoms with E-state index in [1.54, 1.807) is 6.92 Å². The molecule has 0 saturated carbocycles. The smallest absolute Gasteiger partial charge is 0.264 e. The van der Waals surface area contributed by atoms with Gasteiger partial charge in [0, 0.05) is 12.7 Å². The number of pyridine rings is 1. The number of halogens is 2. The Balaban J connectivity index is 2.50. The fourth-order valence-electron chi connectivity index (χ4n) is 1.72. The van der Waals surface area contributed by atoms with E-state index in [0.717, 1.165) is 12.1 Å². The fraction of sp³-hybridized carbons (Fsp3) is 0.154. The average Bonchev–Trinajstić information content (AvgIpc) is 2.43. The molecule has 21 heavy (non-hydrogen) atoms. The Bertz CT molecular complexity index is 779. The van der Waals surface area contributed by atoms with Gasteiger partial charge in [0.25, 0.3) is 10.0 Å². The Labute approximate surface area is 120 Å². The minimum atomic E-state index is -4.28. The van der Waals surface area contributed by atoms with Gasteiger partial charge in [0.15, 0.2) is 11.6 Å². The Kier molecular flexibility index (Phi) is 4.19. The number of nitrogens with two attached hydrogens (primary N) is 1. The van der Waals surface area contributed by atoms with Gasteiger partial charge >= 0.3 is 0 Å². The van der Waals surface area contributed by atoms with Gasteiger partial charge in [-0.1, -0.05) is 0 Å². The highest BCUT2D eigenvalue weighted by Gasteiger charge is 2.23. The highest BCUT2D eigenvalue weighted by Crippen LogP contribution is 2.23. The van der Waals surface area contributed by atoms with E-state index in [-0.39, 0.29) is 17.8 Å². The lowest BCUT2D eigenvalue weighted by Crippen LogP contribution is -2.17. The van der Waals surface area contributed by atoms with Crippen LogP contribution in [0.3, 0.4) is 0 Å². The molecule has 5 nitrogen and oxygen atoms in total. The first-order chi connectivity index (χ1) is 9.85. The second-order valence-electron chi connectivity index (χ2n) is 4.34. The first kappa shape index (κ1) is 15.3. The van der Waals surface area contributed by atoms with Crippen LogP contribution in [0.15, 0.2) is 35.4 Å². The molecule has 2 rings (SSSR count). The maximum absolute atomic E-state index is 13.8. The van der Waals surface area contributed by atoms with Gasteiger partial charge in [0.2, 0.25) is 0 Å². The van der Waals surface area contributed by atoms with Crippen LogP contribution >= 0.6 is 0 Å². The number of sulfonamides is 1. The summed E-state index contributed by atoms with van der Waals surface area (Å²) in [6, 6.07) is 4.87. The lowest BCUT2D eigenvalue weighted by molar-refractivity contribution is 0.483. The Morgan fingerprint density at radius 2 is 2.05 bits per heavy atom. The summed E-state index contributed by atoms with van der Waals surface area (Å²) in [5.41, 5.74) is 6.13. The Morgan fingerprint density at radius 1 is 1.33 bits per heavy atom. The Morgan fingerprint density at radius 3 is 2.67 bits per heavy atom. The number of rotatable bonds is 4. The SMILES string of the molecule is Cc1ncccc1NS(=O)(=O)c1cc(CN)cc(F)c1F. The van der Waals surface area contributed by atoms with Gasteiger partial charge in [-0.15, -0.1) is 0 Å². The number of benzene rings is 1. The average molecular weight is 313 g/mol. The molecule has 0 aliphatic rings. The van der Waals surface area contributed by atoms with Gasteiger partial charge in [-0.25, -0.2) is 17.2 Å². The van der Waals surface area contributed by atoms with E-state index in [2.05, 4.69) is 9.71 Å². The van der Waals surface area contributed by atoms with Crippen LogP contribution in [0.2, 0.25) is 0 Å². The van der Waals surface area contributed by atoms with Gasteiger partial charge in [0.1, 0.15) is 4.90 Å². The molecular weight excluding hydrogens is 300 g/mol. The lowest BCUT2D eigenvalue weighted by atomic mass is 10.2. The van der Waals surface area contributed by atoms with Gasteiger partial charge in [-0.2, -0.15) is 0 Å². The minimum Gasteiger partial charge on any atom is -0.326 e. The number of aryl methyl sites for hydroxylation is 1. The van der Waals surface area contributed by atoms with Crippen molar-refractivity contribution in [1.29, 1.82) is 0 Å². The van der Waals surface area contributed by atoms with E-state index in [4.69, 9.17) is 5.73 Å². The minimum absolute atomic E-state index is 0.106. The molecule has 1 aromatic carbocycles. The summed E-state index contributed by atoms with van der Waals surface area (Å²) in [7, 11) is -4.28. The fourth-order valence-corrected chi connectivity index (χ4v) is 2.98. The molecule has 1 heterocycles. The number of aromatic nitrogens is 1. The van der Waals surface area contributed by atoms with Crippen molar-refractivity contribution < 1.29 is 17.2 Å². The molecule has 0 atom stereocenters. The van der Waals surface area contributed by atoms with E-state index in [9.17, 15) is 17.2 Å². The summed E-state index contributed by atoms with van der Waals surface area (Å²) >= 11 is 0. The highest BCUT2D eigenvalue weighted by molar-refractivity contribution is 7.92. The summed E-state index contributed by atoms with van der Waals surface area (Å²) in [6.07, 6.45) is 1.49. The predicted molar refractivity (Wildman–Crippen MR) is 74.0 cm³/mol. The third-order valence-electron chi connectivity index (χ3n) is 2.83. The molecule has 0 spiro atoms. The molecule has 0 bridgehead atoms. The van der Waals surface area contributed by atoms with Crippen molar-refractivity contribution in [2.45, 2.75) is 18.4 Å². The quantitative estimate of drug-likeness (QED) is 0.903. The summed E-state index contributed by atoms with van der Waals surface area (Å²) in [5.74, 6) is -2.71. The second kappa shape index (κ2) is 5.74.